The second-order valence-corrected chi connectivity index (χ2v) is 14.7. The van der Waals surface area contributed by atoms with Gasteiger partial charge >= 0.3 is 12.2 Å². The van der Waals surface area contributed by atoms with Gasteiger partial charge in [-0.05, 0) is 32.0 Å². The first kappa shape index (κ1) is 34.8. The van der Waals surface area contributed by atoms with Crippen LogP contribution in [-0.2, 0) is 19.7 Å². The molecular formula is C28H38N4O10S2. The van der Waals surface area contributed by atoms with Crippen molar-refractivity contribution in [2.75, 3.05) is 63.3 Å². The first-order chi connectivity index (χ1) is 20.7. The maximum absolute atomic E-state index is 12.7. The summed E-state index contributed by atoms with van der Waals surface area (Å²) < 4.78 is 61.9. The van der Waals surface area contributed by atoms with E-state index in [0.29, 0.717) is 49.8 Å². The predicted molar refractivity (Wildman–Crippen MR) is 166 cm³/mol. The highest BCUT2D eigenvalue weighted by molar-refractivity contribution is 7.90. The van der Waals surface area contributed by atoms with Crippen molar-refractivity contribution in [2.24, 2.45) is 0 Å². The second kappa shape index (κ2) is 15.8. The number of carbonyl (C=O) groups is 3. The first-order valence-electron chi connectivity index (χ1n) is 13.9. The molecule has 3 rings (SSSR count). The summed E-state index contributed by atoms with van der Waals surface area (Å²) >= 11 is 0. The van der Waals surface area contributed by atoms with Gasteiger partial charge in [-0.15, -0.1) is 0 Å². The summed E-state index contributed by atoms with van der Waals surface area (Å²) in [6.07, 6.45) is 1.83. The number of rotatable bonds is 17. The molecule has 0 saturated carbocycles. The van der Waals surface area contributed by atoms with Crippen LogP contribution in [0.3, 0.4) is 0 Å². The predicted octanol–water partition coefficient (Wildman–Crippen LogP) is 2.01. The molecule has 4 N–H and O–H groups in total. The molecule has 0 saturated heterocycles. The number of nitrogens with one attached hydrogen (secondary N) is 4. The van der Waals surface area contributed by atoms with Crippen molar-refractivity contribution in [3.8, 4) is 11.5 Å². The SMILES string of the molecule is CC(=O)c1cc2c(OC(=O)NCCCNCCS(C)(=O)=O)c3ccccc3c(OC(=O)NCCCNCCS(C)(=O)=O)c2o1. The zero-order valence-corrected chi connectivity index (χ0v) is 26.5. The summed E-state index contributed by atoms with van der Waals surface area (Å²) in [5, 5.41) is 12.4. The Balaban J connectivity index is 1.70. The quantitative estimate of drug-likeness (QED) is 0.122. The van der Waals surface area contributed by atoms with E-state index in [1.54, 1.807) is 24.3 Å². The zero-order chi connectivity index (χ0) is 32.3. The Morgan fingerprint density at radius 3 is 1.66 bits per heavy atom. The lowest BCUT2D eigenvalue weighted by Crippen LogP contribution is -2.31. The topological polar surface area (TPSA) is 199 Å². The molecule has 1 heterocycles. The molecule has 14 nitrogen and oxygen atoms in total. The largest absolute Gasteiger partial charge is 0.449 e. The summed E-state index contributed by atoms with van der Waals surface area (Å²) in [6.45, 7) is 3.40. The van der Waals surface area contributed by atoms with E-state index in [-0.39, 0.29) is 58.6 Å². The van der Waals surface area contributed by atoms with E-state index in [1.165, 1.54) is 13.0 Å². The highest BCUT2D eigenvalue weighted by Crippen LogP contribution is 2.44. The van der Waals surface area contributed by atoms with Crippen LogP contribution in [-0.4, -0.2) is 98.1 Å². The van der Waals surface area contributed by atoms with E-state index in [0.717, 1.165) is 12.5 Å². The Morgan fingerprint density at radius 1 is 0.705 bits per heavy atom. The summed E-state index contributed by atoms with van der Waals surface area (Å²) in [6, 6.07) is 8.18. The summed E-state index contributed by atoms with van der Waals surface area (Å²) in [5.74, 6) is -0.214. The maximum atomic E-state index is 12.7. The molecule has 2 aromatic carbocycles. The number of hydrogen-bond acceptors (Lipinski definition) is 12. The fourth-order valence-electron chi connectivity index (χ4n) is 4.09. The highest BCUT2D eigenvalue weighted by atomic mass is 32.2. The molecule has 0 unspecified atom stereocenters. The van der Waals surface area contributed by atoms with Crippen molar-refractivity contribution < 1.29 is 45.1 Å². The number of ether oxygens (including phenoxy) is 2. The Kier molecular flexibility index (Phi) is 12.5. The highest BCUT2D eigenvalue weighted by Gasteiger charge is 2.24. The Morgan fingerprint density at radius 2 is 1.18 bits per heavy atom. The molecule has 0 atom stereocenters. The van der Waals surface area contributed by atoms with Crippen molar-refractivity contribution in [1.29, 1.82) is 0 Å². The standard InChI is InChI=1S/C28H38N4O10S2/c1-19(33)23-18-22-24(41-27(34)31-12-6-10-29-14-16-43(2,36)37)20-8-4-5-9-21(20)25(26(22)40-23)42-28(35)32-13-7-11-30-15-17-44(3,38)39/h4-5,8-9,18,29-30H,6-7,10-17H2,1-3H3,(H,31,34)(H,32,35). The van der Waals surface area contributed by atoms with Crippen LogP contribution in [0.25, 0.3) is 21.7 Å². The number of carbonyl (C=O) groups excluding carboxylic acids is 3. The first-order valence-corrected chi connectivity index (χ1v) is 18.0. The van der Waals surface area contributed by atoms with Gasteiger partial charge in [-0.3, -0.25) is 4.79 Å². The number of benzene rings is 2. The van der Waals surface area contributed by atoms with E-state index in [9.17, 15) is 31.2 Å². The number of Topliss-reactive ketones (excluding diaryl/α,β-unsaturated/α-hetero) is 1. The van der Waals surface area contributed by atoms with Crippen LogP contribution in [0.2, 0.25) is 0 Å². The van der Waals surface area contributed by atoms with Crippen LogP contribution in [0.1, 0.15) is 30.3 Å². The van der Waals surface area contributed by atoms with Gasteiger partial charge in [-0.1, -0.05) is 24.3 Å². The minimum absolute atomic E-state index is 0.0186. The molecule has 1 aromatic heterocycles. The van der Waals surface area contributed by atoms with E-state index in [2.05, 4.69) is 21.3 Å². The van der Waals surface area contributed by atoms with Crippen molar-refractivity contribution in [3.05, 3.63) is 36.1 Å². The maximum Gasteiger partial charge on any atom is 0.412 e. The minimum atomic E-state index is -3.06. The van der Waals surface area contributed by atoms with Crippen LogP contribution < -0.4 is 30.7 Å². The number of fused-ring (bicyclic) bond motifs is 2. The average molecular weight is 655 g/mol. The molecule has 0 spiro atoms. The summed E-state index contributed by atoms with van der Waals surface area (Å²) in [4.78, 5) is 37.6. The van der Waals surface area contributed by atoms with Crippen molar-refractivity contribution >= 4 is 59.4 Å². The van der Waals surface area contributed by atoms with Crippen LogP contribution in [0.15, 0.2) is 34.7 Å². The van der Waals surface area contributed by atoms with E-state index in [1.807, 2.05) is 0 Å². The molecule has 0 fully saturated rings. The average Bonchev–Trinajstić information content (AvgIpc) is 3.38. The van der Waals surface area contributed by atoms with Gasteiger partial charge in [0.2, 0.25) is 0 Å². The van der Waals surface area contributed by atoms with Crippen molar-refractivity contribution in [3.63, 3.8) is 0 Å². The van der Waals surface area contributed by atoms with Gasteiger partial charge in [0.1, 0.15) is 19.7 Å². The molecule has 0 aliphatic carbocycles. The Labute approximate surface area is 256 Å². The van der Waals surface area contributed by atoms with Crippen LogP contribution in [0.4, 0.5) is 9.59 Å². The number of hydrogen-bond donors (Lipinski definition) is 4. The second-order valence-electron chi connectivity index (χ2n) is 10.2. The fraction of sp³-hybridized carbons (Fsp3) is 0.464. The lowest BCUT2D eigenvalue weighted by Gasteiger charge is -2.14. The van der Waals surface area contributed by atoms with Gasteiger partial charge in [0.25, 0.3) is 0 Å². The van der Waals surface area contributed by atoms with Crippen LogP contribution in [0, 0.1) is 0 Å². The smallest absolute Gasteiger partial charge is 0.412 e. The van der Waals surface area contributed by atoms with E-state index >= 15 is 0 Å². The van der Waals surface area contributed by atoms with Crippen molar-refractivity contribution in [2.45, 2.75) is 19.8 Å². The fourth-order valence-corrected chi connectivity index (χ4v) is 5.12. The third-order valence-corrected chi connectivity index (χ3v) is 8.13. The normalized spacial score (nSPS) is 11.9. The molecule has 0 radical (unpaired) electrons. The van der Waals surface area contributed by atoms with Crippen LogP contribution >= 0.6 is 0 Å². The molecule has 2 amide bonds. The molecule has 0 aliphatic heterocycles. The molecule has 3 aromatic rings. The molecule has 16 heteroatoms. The van der Waals surface area contributed by atoms with Gasteiger partial charge in [-0.25, -0.2) is 26.4 Å². The van der Waals surface area contributed by atoms with E-state index < -0.39 is 31.9 Å². The zero-order valence-electron chi connectivity index (χ0n) is 24.9. The lowest BCUT2D eigenvalue weighted by molar-refractivity contribution is 0.0989. The molecule has 0 bridgehead atoms. The summed E-state index contributed by atoms with van der Waals surface area (Å²) in [7, 11) is -6.11. The molecule has 0 aliphatic rings. The minimum Gasteiger partial charge on any atom is -0.449 e. The molecule has 242 valence electrons. The third-order valence-electron chi connectivity index (χ3n) is 6.23. The van der Waals surface area contributed by atoms with Crippen LogP contribution in [0.5, 0.6) is 11.5 Å². The van der Waals surface area contributed by atoms with Gasteiger partial charge < -0.3 is 35.2 Å². The van der Waals surface area contributed by atoms with Crippen molar-refractivity contribution in [1.82, 2.24) is 21.3 Å². The number of amides is 2. The Hall–Kier alpha value is -3.73. The molecular weight excluding hydrogens is 616 g/mol. The number of sulfone groups is 2. The van der Waals surface area contributed by atoms with Gasteiger partial charge in [0.05, 0.1) is 16.9 Å². The third kappa shape index (κ3) is 11.1. The lowest BCUT2D eigenvalue weighted by atomic mass is 10.1. The number of furan rings is 1. The van der Waals surface area contributed by atoms with Gasteiger partial charge in [-0.2, -0.15) is 0 Å². The number of ketones is 1. The van der Waals surface area contributed by atoms with Gasteiger partial charge in [0.15, 0.2) is 28.6 Å². The Bertz CT molecular complexity index is 1590. The summed E-state index contributed by atoms with van der Waals surface area (Å²) in [5.41, 5.74) is 0.0457. The molecule has 44 heavy (non-hydrogen) atoms. The van der Waals surface area contributed by atoms with E-state index in [4.69, 9.17) is 13.9 Å². The van der Waals surface area contributed by atoms with Gasteiger partial charge in [0, 0.05) is 56.4 Å². The monoisotopic (exact) mass is 654 g/mol.